The van der Waals surface area contributed by atoms with Crippen LogP contribution in [0.1, 0.15) is 32.6 Å². The van der Waals surface area contributed by atoms with E-state index >= 15 is 0 Å². The van der Waals surface area contributed by atoms with Gasteiger partial charge in [-0.1, -0.05) is 0 Å². The summed E-state index contributed by atoms with van der Waals surface area (Å²) < 4.78 is 11.2. The van der Waals surface area contributed by atoms with Gasteiger partial charge in [0.15, 0.2) is 0 Å². The molecule has 0 radical (unpaired) electrons. The molecule has 2 saturated heterocycles. The lowest BCUT2D eigenvalue weighted by Crippen LogP contribution is -2.52. The molecular formula is C13H25NO2S. The maximum Gasteiger partial charge on any atom is 0.0783 e. The zero-order chi connectivity index (χ0) is 12.4. The van der Waals surface area contributed by atoms with Crippen LogP contribution in [0.5, 0.6) is 0 Å². The van der Waals surface area contributed by atoms with Gasteiger partial charge in [0, 0.05) is 31.6 Å². The molecule has 0 aliphatic carbocycles. The van der Waals surface area contributed by atoms with Gasteiger partial charge in [-0.3, -0.25) is 0 Å². The molecule has 0 aromatic carbocycles. The van der Waals surface area contributed by atoms with E-state index in [1.165, 1.54) is 12.2 Å². The Hall–Kier alpha value is 0.230. The highest BCUT2D eigenvalue weighted by Crippen LogP contribution is 2.43. The van der Waals surface area contributed by atoms with Gasteiger partial charge in [-0.2, -0.15) is 11.8 Å². The SMILES string of the molecule is COCCC(C)(N)C1CCOC2(CCSC2)C1. The Kier molecular flexibility index (Phi) is 4.40. The Morgan fingerprint density at radius 1 is 1.59 bits per heavy atom. The zero-order valence-electron chi connectivity index (χ0n) is 11.0. The summed E-state index contributed by atoms with van der Waals surface area (Å²) in [5, 5.41) is 0. The second-order valence-corrected chi connectivity index (χ2v) is 6.88. The standard InChI is InChI=1S/C13H25NO2S/c1-12(14,4-7-15-2)11-3-6-16-13(9-11)5-8-17-10-13/h11H,3-10,14H2,1-2H3. The van der Waals surface area contributed by atoms with E-state index in [9.17, 15) is 0 Å². The first kappa shape index (κ1) is 13.7. The minimum atomic E-state index is -0.111. The lowest BCUT2D eigenvalue weighted by atomic mass is 9.73. The van der Waals surface area contributed by atoms with Crippen LogP contribution in [0.3, 0.4) is 0 Å². The van der Waals surface area contributed by atoms with Crippen LogP contribution in [-0.2, 0) is 9.47 Å². The van der Waals surface area contributed by atoms with Crippen molar-refractivity contribution < 1.29 is 9.47 Å². The molecule has 4 heteroatoms. The Bertz CT molecular complexity index is 252. The number of rotatable bonds is 4. The molecule has 2 heterocycles. The first-order valence-corrected chi connectivity index (χ1v) is 7.73. The van der Waals surface area contributed by atoms with Gasteiger partial charge in [0.25, 0.3) is 0 Å². The summed E-state index contributed by atoms with van der Waals surface area (Å²) in [6.45, 7) is 3.81. The number of methoxy groups -OCH3 is 1. The number of hydrogen-bond acceptors (Lipinski definition) is 4. The molecule has 2 aliphatic heterocycles. The average molecular weight is 259 g/mol. The van der Waals surface area contributed by atoms with E-state index in [-0.39, 0.29) is 11.1 Å². The highest BCUT2D eigenvalue weighted by Gasteiger charge is 2.44. The largest absolute Gasteiger partial charge is 0.385 e. The number of hydrogen-bond donors (Lipinski definition) is 1. The summed E-state index contributed by atoms with van der Waals surface area (Å²) in [6, 6.07) is 0. The van der Waals surface area contributed by atoms with Gasteiger partial charge in [0.2, 0.25) is 0 Å². The normalized spacial score (nSPS) is 37.2. The second kappa shape index (κ2) is 5.47. The molecule has 0 bridgehead atoms. The molecule has 0 aromatic rings. The van der Waals surface area contributed by atoms with Crippen LogP contribution in [0, 0.1) is 5.92 Å². The monoisotopic (exact) mass is 259 g/mol. The summed E-state index contributed by atoms with van der Waals surface area (Å²) in [4.78, 5) is 0. The first-order valence-electron chi connectivity index (χ1n) is 6.58. The molecule has 100 valence electrons. The van der Waals surface area contributed by atoms with Crippen molar-refractivity contribution in [2.45, 2.75) is 43.7 Å². The van der Waals surface area contributed by atoms with Crippen molar-refractivity contribution in [3.05, 3.63) is 0 Å². The second-order valence-electron chi connectivity index (χ2n) is 5.77. The van der Waals surface area contributed by atoms with Gasteiger partial charge in [-0.05, 0) is 44.3 Å². The fourth-order valence-electron chi connectivity index (χ4n) is 2.98. The van der Waals surface area contributed by atoms with Gasteiger partial charge in [-0.25, -0.2) is 0 Å². The Morgan fingerprint density at radius 2 is 2.41 bits per heavy atom. The minimum Gasteiger partial charge on any atom is -0.385 e. The molecule has 3 atom stereocenters. The molecule has 2 fully saturated rings. The first-order chi connectivity index (χ1) is 8.08. The van der Waals surface area contributed by atoms with Crippen LogP contribution in [0.15, 0.2) is 0 Å². The van der Waals surface area contributed by atoms with Gasteiger partial charge < -0.3 is 15.2 Å². The average Bonchev–Trinajstić information content (AvgIpc) is 2.75. The fraction of sp³-hybridized carbons (Fsp3) is 1.00. The third-order valence-corrected chi connectivity index (χ3v) is 5.56. The van der Waals surface area contributed by atoms with E-state index in [1.54, 1.807) is 7.11 Å². The molecule has 0 aromatic heterocycles. The van der Waals surface area contributed by atoms with Crippen molar-refractivity contribution in [2.75, 3.05) is 31.8 Å². The fourth-order valence-corrected chi connectivity index (χ4v) is 4.36. The molecular weight excluding hydrogens is 234 g/mol. The summed E-state index contributed by atoms with van der Waals surface area (Å²) in [7, 11) is 1.75. The van der Waals surface area contributed by atoms with E-state index in [4.69, 9.17) is 15.2 Å². The van der Waals surface area contributed by atoms with E-state index in [2.05, 4.69) is 6.92 Å². The summed E-state index contributed by atoms with van der Waals surface area (Å²) in [5.41, 5.74) is 6.52. The summed E-state index contributed by atoms with van der Waals surface area (Å²) in [6.07, 6.45) is 4.38. The maximum atomic E-state index is 6.49. The molecule has 2 N–H and O–H groups in total. The Labute approximate surface area is 109 Å². The molecule has 2 rings (SSSR count). The van der Waals surface area contributed by atoms with Crippen molar-refractivity contribution in [1.82, 2.24) is 0 Å². The summed E-state index contributed by atoms with van der Waals surface area (Å²) in [5.74, 6) is 2.97. The van der Waals surface area contributed by atoms with Crippen molar-refractivity contribution in [2.24, 2.45) is 11.7 Å². The Balaban J connectivity index is 1.96. The molecule has 17 heavy (non-hydrogen) atoms. The smallest absolute Gasteiger partial charge is 0.0783 e. The minimum absolute atomic E-state index is 0.111. The van der Waals surface area contributed by atoms with Gasteiger partial charge >= 0.3 is 0 Å². The van der Waals surface area contributed by atoms with Crippen LogP contribution in [0.4, 0.5) is 0 Å². The van der Waals surface area contributed by atoms with Crippen LogP contribution >= 0.6 is 11.8 Å². The molecule has 1 spiro atoms. The Morgan fingerprint density at radius 3 is 3.06 bits per heavy atom. The van der Waals surface area contributed by atoms with Gasteiger partial charge in [0.1, 0.15) is 0 Å². The molecule has 3 unspecified atom stereocenters. The predicted octanol–water partition coefficient (Wildman–Crippen LogP) is 2.04. The molecule has 2 aliphatic rings. The van der Waals surface area contributed by atoms with Crippen LogP contribution in [0.25, 0.3) is 0 Å². The van der Waals surface area contributed by atoms with E-state index in [0.717, 1.165) is 38.2 Å². The quantitative estimate of drug-likeness (QED) is 0.839. The molecule has 3 nitrogen and oxygen atoms in total. The van der Waals surface area contributed by atoms with E-state index in [0.29, 0.717) is 5.92 Å². The number of nitrogens with two attached hydrogens (primary N) is 1. The zero-order valence-corrected chi connectivity index (χ0v) is 11.9. The van der Waals surface area contributed by atoms with Gasteiger partial charge in [-0.15, -0.1) is 0 Å². The van der Waals surface area contributed by atoms with E-state index < -0.39 is 0 Å². The number of ether oxygens (including phenoxy) is 2. The van der Waals surface area contributed by atoms with Crippen molar-refractivity contribution >= 4 is 11.8 Å². The van der Waals surface area contributed by atoms with Crippen molar-refractivity contribution in [3.8, 4) is 0 Å². The van der Waals surface area contributed by atoms with Crippen molar-refractivity contribution in [3.63, 3.8) is 0 Å². The number of thioether (sulfide) groups is 1. The highest BCUT2D eigenvalue weighted by molar-refractivity contribution is 7.99. The third kappa shape index (κ3) is 3.16. The molecule has 0 saturated carbocycles. The topological polar surface area (TPSA) is 44.5 Å². The molecule has 0 amide bonds. The third-order valence-electron chi connectivity index (χ3n) is 4.34. The van der Waals surface area contributed by atoms with E-state index in [1.807, 2.05) is 11.8 Å². The lowest BCUT2D eigenvalue weighted by Gasteiger charge is -2.44. The lowest BCUT2D eigenvalue weighted by molar-refractivity contribution is -0.0927. The maximum absolute atomic E-state index is 6.49. The van der Waals surface area contributed by atoms with Gasteiger partial charge in [0.05, 0.1) is 5.60 Å². The summed E-state index contributed by atoms with van der Waals surface area (Å²) >= 11 is 2.02. The van der Waals surface area contributed by atoms with Crippen LogP contribution in [-0.4, -0.2) is 43.0 Å². The van der Waals surface area contributed by atoms with Crippen LogP contribution < -0.4 is 5.73 Å². The van der Waals surface area contributed by atoms with Crippen LogP contribution in [0.2, 0.25) is 0 Å². The predicted molar refractivity (Wildman–Crippen MR) is 72.4 cm³/mol. The highest BCUT2D eigenvalue weighted by atomic mass is 32.2. The van der Waals surface area contributed by atoms with Crippen molar-refractivity contribution in [1.29, 1.82) is 0 Å².